The molecule has 0 aliphatic heterocycles. The number of hydrogen-bond acceptors (Lipinski definition) is 3. The van der Waals surface area contributed by atoms with Crippen LogP contribution in [-0.4, -0.2) is 12.5 Å². The van der Waals surface area contributed by atoms with Crippen molar-refractivity contribution in [2.45, 2.75) is 13.5 Å². The molecular formula is C16H17BrN2O2. The van der Waals surface area contributed by atoms with Gasteiger partial charge in [0.15, 0.2) is 6.61 Å². The van der Waals surface area contributed by atoms with E-state index in [1.807, 2.05) is 30.3 Å². The van der Waals surface area contributed by atoms with Crippen molar-refractivity contribution in [1.29, 1.82) is 0 Å². The molecule has 0 saturated heterocycles. The SMILES string of the molecule is Cc1ccc(NCc2ccc(OCC(N)=O)cc2)c(Br)c1. The van der Waals surface area contributed by atoms with E-state index in [0.717, 1.165) is 15.7 Å². The Labute approximate surface area is 132 Å². The standard InChI is InChI=1S/C16H17BrN2O2/c1-11-2-7-15(14(17)8-11)19-9-12-3-5-13(6-4-12)21-10-16(18)20/h2-8,19H,9-10H2,1H3,(H2,18,20). The maximum Gasteiger partial charge on any atom is 0.255 e. The minimum absolute atomic E-state index is 0.103. The van der Waals surface area contributed by atoms with Gasteiger partial charge in [-0.25, -0.2) is 0 Å². The number of rotatable bonds is 6. The van der Waals surface area contributed by atoms with Crippen molar-refractivity contribution in [2.75, 3.05) is 11.9 Å². The van der Waals surface area contributed by atoms with Crippen molar-refractivity contribution in [2.24, 2.45) is 5.73 Å². The second kappa shape index (κ2) is 7.13. The quantitative estimate of drug-likeness (QED) is 0.842. The first kappa shape index (κ1) is 15.4. The number of anilines is 1. The summed E-state index contributed by atoms with van der Waals surface area (Å²) in [6.07, 6.45) is 0. The first-order valence-corrected chi connectivity index (χ1v) is 7.34. The summed E-state index contributed by atoms with van der Waals surface area (Å²) in [7, 11) is 0. The number of carbonyl (C=O) groups is 1. The Hall–Kier alpha value is -2.01. The molecule has 0 atom stereocenters. The molecule has 21 heavy (non-hydrogen) atoms. The summed E-state index contributed by atoms with van der Waals surface area (Å²) in [6.45, 7) is 2.66. The van der Waals surface area contributed by atoms with Crippen LogP contribution in [0.25, 0.3) is 0 Å². The van der Waals surface area contributed by atoms with Gasteiger partial charge in [0.1, 0.15) is 5.75 Å². The Morgan fingerprint density at radius 3 is 2.57 bits per heavy atom. The number of hydrogen-bond donors (Lipinski definition) is 2. The molecule has 0 saturated carbocycles. The Kier molecular flexibility index (Phi) is 5.22. The fourth-order valence-corrected chi connectivity index (χ4v) is 2.45. The summed E-state index contributed by atoms with van der Waals surface area (Å²) in [4.78, 5) is 10.6. The Balaban J connectivity index is 1.92. The van der Waals surface area contributed by atoms with Crippen LogP contribution in [0.3, 0.4) is 0 Å². The van der Waals surface area contributed by atoms with Gasteiger partial charge in [0, 0.05) is 16.7 Å². The summed E-state index contributed by atoms with van der Waals surface area (Å²) < 4.78 is 6.26. The van der Waals surface area contributed by atoms with Crippen LogP contribution >= 0.6 is 15.9 Å². The molecule has 0 aliphatic carbocycles. The molecule has 0 aliphatic rings. The van der Waals surface area contributed by atoms with Crippen molar-refractivity contribution >= 4 is 27.5 Å². The minimum atomic E-state index is -0.482. The van der Waals surface area contributed by atoms with Crippen molar-refractivity contribution in [3.05, 3.63) is 58.1 Å². The molecule has 0 heterocycles. The van der Waals surface area contributed by atoms with Crippen molar-refractivity contribution in [3.63, 3.8) is 0 Å². The third-order valence-electron chi connectivity index (χ3n) is 2.91. The van der Waals surface area contributed by atoms with Crippen LogP contribution in [0.5, 0.6) is 5.75 Å². The van der Waals surface area contributed by atoms with Crippen LogP contribution in [0.15, 0.2) is 46.9 Å². The second-order valence-electron chi connectivity index (χ2n) is 4.74. The normalized spacial score (nSPS) is 10.2. The number of primary amides is 1. The lowest BCUT2D eigenvalue weighted by Crippen LogP contribution is -2.19. The first-order chi connectivity index (χ1) is 10.0. The van der Waals surface area contributed by atoms with E-state index in [4.69, 9.17) is 10.5 Å². The summed E-state index contributed by atoms with van der Waals surface area (Å²) in [5.74, 6) is 0.152. The fraction of sp³-hybridized carbons (Fsp3) is 0.188. The Bertz CT molecular complexity index is 627. The number of carbonyl (C=O) groups excluding carboxylic acids is 1. The van der Waals surface area contributed by atoms with Crippen LogP contribution in [0.1, 0.15) is 11.1 Å². The van der Waals surface area contributed by atoms with Gasteiger partial charge >= 0.3 is 0 Å². The first-order valence-electron chi connectivity index (χ1n) is 6.54. The van der Waals surface area contributed by atoms with E-state index in [1.54, 1.807) is 0 Å². The minimum Gasteiger partial charge on any atom is -0.484 e. The lowest BCUT2D eigenvalue weighted by Gasteiger charge is -2.10. The van der Waals surface area contributed by atoms with Gasteiger partial charge in [0.25, 0.3) is 5.91 Å². The summed E-state index contributed by atoms with van der Waals surface area (Å²) in [5, 5.41) is 3.36. The number of aryl methyl sites for hydroxylation is 1. The number of nitrogens with two attached hydrogens (primary N) is 1. The average Bonchev–Trinajstić information content (AvgIpc) is 2.45. The van der Waals surface area contributed by atoms with E-state index in [9.17, 15) is 4.79 Å². The van der Waals surface area contributed by atoms with Crippen LogP contribution in [-0.2, 0) is 11.3 Å². The Morgan fingerprint density at radius 1 is 1.24 bits per heavy atom. The highest BCUT2D eigenvalue weighted by Crippen LogP contribution is 2.24. The molecule has 110 valence electrons. The molecule has 1 amide bonds. The van der Waals surface area contributed by atoms with Gasteiger partial charge in [-0.05, 0) is 58.2 Å². The summed E-state index contributed by atoms with van der Waals surface area (Å²) >= 11 is 3.54. The zero-order valence-electron chi connectivity index (χ0n) is 11.7. The lowest BCUT2D eigenvalue weighted by molar-refractivity contribution is -0.119. The van der Waals surface area contributed by atoms with Gasteiger partial charge in [-0.2, -0.15) is 0 Å². The smallest absolute Gasteiger partial charge is 0.255 e. The number of amides is 1. The number of halogens is 1. The number of nitrogens with one attached hydrogen (secondary N) is 1. The van der Waals surface area contributed by atoms with E-state index in [-0.39, 0.29) is 6.61 Å². The van der Waals surface area contributed by atoms with Gasteiger partial charge in [0.05, 0.1) is 0 Å². The predicted octanol–water partition coefficient (Wildman–Crippen LogP) is 3.23. The average molecular weight is 349 g/mol. The lowest BCUT2D eigenvalue weighted by atomic mass is 10.2. The maximum atomic E-state index is 10.6. The fourth-order valence-electron chi connectivity index (χ4n) is 1.82. The monoisotopic (exact) mass is 348 g/mol. The highest BCUT2D eigenvalue weighted by molar-refractivity contribution is 9.10. The molecular weight excluding hydrogens is 332 g/mol. The number of ether oxygens (including phenoxy) is 1. The highest BCUT2D eigenvalue weighted by Gasteiger charge is 2.01. The highest BCUT2D eigenvalue weighted by atomic mass is 79.9. The van der Waals surface area contributed by atoms with Crippen molar-refractivity contribution < 1.29 is 9.53 Å². The Morgan fingerprint density at radius 2 is 1.95 bits per heavy atom. The topological polar surface area (TPSA) is 64.3 Å². The van der Waals surface area contributed by atoms with Gasteiger partial charge in [-0.15, -0.1) is 0 Å². The molecule has 0 aromatic heterocycles. The molecule has 2 rings (SSSR count). The molecule has 0 spiro atoms. The molecule has 0 fully saturated rings. The van der Waals surface area contributed by atoms with E-state index in [0.29, 0.717) is 12.3 Å². The second-order valence-corrected chi connectivity index (χ2v) is 5.59. The van der Waals surface area contributed by atoms with Gasteiger partial charge in [-0.1, -0.05) is 18.2 Å². The van der Waals surface area contributed by atoms with Gasteiger partial charge in [0.2, 0.25) is 0 Å². The van der Waals surface area contributed by atoms with E-state index < -0.39 is 5.91 Å². The van der Waals surface area contributed by atoms with Crippen LogP contribution in [0, 0.1) is 6.92 Å². The molecule has 0 unspecified atom stereocenters. The molecule has 3 N–H and O–H groups in total. The zero-order valence-corrected chi connectivity index (χ0v) is 13.3. The van der Waals surface area contributed by atoms with Gasteiger partial charge < -0.3 is 15.8 Å². The zero-order chi connectivity index (χ0) is 15.2. The van der Waals surface area contributed by atoms with Crippen molar-refractivity contribution in [3.8, 4) is 5.75 Å². The molecule has 2 aromatic rings. The molecule has 4 nitrogen and oxygen atoms in total. The molecule has 0 bridgehead atoms. The van der Waals surface area contributed by atoms with E-state index in [1.165, 1.54) is 5.56 Å². The van der Waals surface area contributed by atoms with Crippen molar-refractivity contribution in [1.82, 2.24) is 0 Å². The number of benzene rings is 2. The van der Waals surface area contributed by atoms with Crippen LogP contribution in [0.2, 0.25) is 0 Å². The van der Waals surface area contributed by atoms with E-state index >= 15 is 0 Å². The summed E-state index contributed by atoms with van der Waals surface area (Å²) in [6, 6.07) is 13.7. The van der Waals surface area contributed by atoms with E-state index in [2.05, 4.69) is 40.3 Å². The predicted molar refractivity (Wildman–Crippen MR) is 87.3 cm³/mol. The van der Waals surface area contributed by atoms with Crippen LogP contribution in [0.4, 0.5) is 5.69 Å². The third kappa shape index (κ3) is 4.79. The third-order valence-corrected chi connectivity index (χ3v) is 3.57. The molecule has 2 aromatic carbocycles. The largest absolute Gasteiger partial charge is 0.484 e. The maximum absolute atomic E-state index is 10.6. The molecule has 5 heteroatoms. The van der Waals surface area contributed by atoms with Crippen LogP contribution < -0.4 is 15.8 Å². The van der Waals surface area contributed by atoms with Gasteiger partial charge in [-0.3, -0.25) is 4.79 Å². The molecule has 0 radical (unpaired) electrons. The summed E-state index contributed by atoms with van der Waals surface area (Å²) in [5.41, 5.74) is 8.41.